The zero-order valence-corrected chi connectivity index (χ0v) is 15.1. The Morgan fingerprint density at radius 3 is 2.78 bits per heavy atom. The average Bonchev–Trinajstić information content (AvgIpc) is 2.86. The molecule has 2 rings (SSSR count). The van der Waals surface area contributed by atoms with Crippen molar-refractivity contribution in [3.05, 3.63) is 34.4 Å². The van der Waals surface area contributed by atoms with Gasteiger partial charge in [-0.1, -0.05) is 25.1 Å². The average molecular weight is 316 g/mol. The highest BCUT2D eigenvalue weighted by molar-refractivity contribution is 5.70. The zero-order valence-electron chi connectivity index (χ0n) is 15.1. The summed E-state index contributed by atoms with van der Waals surface area (Å²) in [5, 5.41) is 6.27. The topological polar surface area (TPSA) is 53.7 Å². The Hall–Kier alpha value is -1.88. The summed E-state index contributed by atoms with van der Waals surface area (Å²) >= 11 is 0. The van der Waals surface area contributed by atoms with Gasteiger partial charge in [-0.2, -0.15) is 0 Å². The number of aliphatic imine (C=N–C) groups is 1. The van der Waals surface area contributed by atoms with Crippen LogP contribution in [-0.4, -0.2) is 29.5 Å². The van der Waals surface area contributed by atoms with E-state index in [9.17, 15) is 0 Å². The van der Waals surface area contributed by atoms with E-state index >= 15 is 0 Å². The van der Waals surface area contributed by atoms with Crippen LogP contribution in [0.25, 0.3) is 5.70 Å². The number of nitrogens with one attached hydrogen (secondary N) is 1. The van der Waals surface area contributed by atoms with Crippen molar-refractivity contribution in [2.45, 2.75) is 54.0 Å². The molecule has 1 aliphatic heterocycles. The quantitative estimate of drug-likeness (QED) is 0.662. The van der Waals surface area contributed by atoms with Crippen LogP contribution in [0.1, 0.15) is 51.1 Å². The first-order chi connectivity index (χ1) is 10.9. The third-order valence-electron chi connectivity index (χ3n) is 4.53. The summed E-state index contributed by atoms with van der Waals surface area (Å²) in [6.45, 7) is 17.1. The first kappa shape index (κ1) is 17.5. The van der Waals surface area contributed by atoms with Crippen LogP contribution in [-0.2, 0) is 0 Å². The molecular formula is C18H28N4O. The molecule has 1 aromatic heterocycles. The highest BCUT2D eigenvalue weighted by Gasteiger charge is 2.27. The van der Waals surface area contributed by atoms with E-state index in [1.54, 1.807) is 0 Å². The number of allylic oxidation sites excluding steroid dienone is 1. The van der Waals surface area contributed by atoms with Gasteiger partial charge < -0.3 is 9.53 Å². The minimum Gasteiger partial charge on any atom is -0.361 e. The summed E-state index contributed by atoms with van der Waals surface area (Å²) in [5.74, 6) is 1.36. The number of aryl methyl sites for hydroxylation is 2. The van der Waals surface area contributed by atoms with Gasteiger partial charge in [-0.25, -0.2) is 5.43 Å². The molecule has 1 aliphatic rings. The molecule has 0 saturated carbocycles. The fraction of sp³-hybridized carbons (Fsp3) is 0.556. The molecule has 0 spiro atoms. The van der Waals surface area contributed by atoms with Crippen molar-refractivity contribution in [2.24, 2.45) is 10.9 Å². The predicted octanol–water partition coefficient (Wildman–Crippen LogP) is 3.86. The van der Waals surface area contributed by atoms with Crippen molar-refractivity contribution >= 4 is 12.4 Å². The van der Waals surface area contributed by atoms with Gasteiger partial charge in [-0.15, -0.1) is 0 Å². The summed E-state index contributed by atoms with van der Waals surface area (Å²) in [6.07, 6.45) is 3.46. The maximum Gasteiger partial charge on any atom is 0.143 e. The maximum absolute atomic E-state index is 5.37. The summed E-state index contributed by atoms with van der Waals surface area (Å²) in [5.41, 5.74) is 8.70. The zero-order chi connectivity index (χ0) is 17.1. The molecule has 5 heteroatoms. The lowest BCUT2D eigenvalue weighted by molar-refractivity contribution is 0.261. The van der Waals surface area contributed by atoms with Crippen LogP contribution >= 0.6 is 0 Å². The minimum atomic E-state index is 0.265. The summed E-state index contributed by atoms with van der Waals surface area (Å²) < 4.78 is 5.37. The van der Waals surface area contributed by atoms with Gasteiger partial charge in [0.2, 0.25) is 0 Å². The van der Waals surface area contributed by atoms with Gasteiger partial charge in [-0.3, -0.25) is 4.99 Å². The van der Waals surface area contributed by atoms with Crippen LogP contribution in [0.5, 0.6) is 0 Å². The molecule has 1 N–H and O–H groups in total. The Morgan fingerprint density at radius 2 is 2.26 bits per heavy atom. The molecule has 2 unspecified atom stereocenters. The lowest BCUT2D eigenvalue weighted by Crippen LogP contribution is -2.47. The van der Waals surface area contributed by atoms with E-state index in [0.717, 1.165) is 41.4 Å². The van der Waals surface area contributed by atoms with Crippen molar-refractivity contribution in [1.82, 2.24) is 15.6 Å². The van der Waals surface area contributed by atoms with Gasteiger partial charge in [-0.05, 0) is 52.3 Å². The Balaban J connectivity index is 2.47. The van der Waals surface area contributed by atoms with Crippen LogP contribution in [0, 0.1) is 19.8 Å². The number of hydrazine groups is 1. The summed E-state index contributed by atoms with van der Waals surface area (Å²) in [7, 11) is 0. The highest BCUT2D eigenvalue weighted by atomic mass is 16.5. The molecule has 0 fully saturated rings. The van der Waals surface area contributed by atoms with Crippen molar-refractivity contribution in [2.75, 3.05) is 6.54 Å². The second-order valence-corrected chi connectivity index (χ2v) is 6.35. The van der Waals surface area contributed by atoms with E-state index in [0.29, 0.717) is 5.92 Å². The molecule has 0 radical (unpaired) electrons. The normalized spacial score (nSPS) is 20.9. The maximum atomic E-state index is 5.37. The van der Waals surface area contributed by atoms with Crippen molar-refractivity contribution in [3.8, 4) is 0 Å². The molecule has 0 amide bonds. The lowest BCUT2D eigenvalue weighted by Gasteiger charge is -2.37. The molecule has 2 atom stereocenters. The van der Waals surface area contributed by atoms with Crippen LogP contribution in [0.4, 0.5) is 0 Å². The van der Waals surface area contributed by atoms with Crippen molar-refractivity contribution in [3.63, 3.8) is 0 Å². The molecule has 0 bridgehead atoms. The predicted molar refractivity (Wildman–Crippen MR) is 95.0 cm³/mol. The minimum absolute atomic E-state index is 0.265. The van der Waals surface area contributed by atoms with E-state index < -0.39 is 0 Å². The number of aromatic nitrogens is 1. The van der Waals surface area contributed by atoms with E-state index in [1.165, 1.54) is 5.57 Å². The van der Waals surface area contributed by atoms with Crippen LogP contribution in [0.2, 0.25) is 0 Å². The third-order valence-corrected chi connectivity index (χ3v) is 4.53. The molecule has 0 aliphatic carbocycles. The van der Waals surface area contributed by atoms with E-state index in [2.05, 4.69) is 54.1 Å². The van der Waals surface area contributed by atoms with Crippen LogP contribution < -0.4 is 5.43 Å². The van der Waals surface area contributed by atoms with E-state index in [-0.39, 0.29) is 6.04 Å². The van der Waals surface area contributed by atoms with E-state index in [4.69, 9.17) is 4.52 Å². The van der Waals surface area contributed by atoms with Gasteiger partial charge in [0, 0.05) is 6.04 Å². The third kappa shape index (κ3) is 3.55. The smallest absolute Gasteiger partial charge is 0.143 e. The summed E-state index contributed by atoms with van der Waals surface area (Å²) in [6, 6.07) is 0.265. The largest absolute Gasteiger partial charge is 0.361 e. The number of nitrogens with zero attached hydrogens (tertiary/aromatic N) is 3. The van der Waals surface area contributed by atoms with Gasteiger partial charge in [0.25, 0.3) is 0 Å². The van der Waals surface area contributed by atoms with Crippen molar-refractivity contribution in [1.29, 1.82) is 0 Å². The van der Waals surface area contributed by atoms with Gasteiger partial charge in [0.1, 0.15) is 5.76 Å². The molecule has 23 heavy (non-hydrogen) atoms. The fourth-order valence-corrected chi connectivity index (χ4v) is 3.02. The Bertz CT molecular complexity index is 622. The van der Waals surface area contributed by atoms with E-state index in [1.807, 2.05) is 20.8 Å². The first-order valence-electron chi connectivity index (χ1n) is 8.24. The van der Waals surface area contributed by atoms with Gasteiger partial charge in [0.05, 0.1) is 29.2 Å². The fourth-order valence-electron chi connectivity index (χ4n) is 3.02. The summed E-state index contributed by atoms with van der Waals surface area (Å²) in [4.78, 5) is 4.18. The molecule has 0 aromatic carbocycles. The molecule has 0 saturated heterocycles. The van der Waals surface area contributed by atoms with Gasteiger partial charge >= 0.3 is 0 Å². The molecule has 126 valence electrons. The Morgan fingerprint density at radius 1 is 1.57 bits per heavy atom. The Kier molecular flexibility index (Phi) is 5.42. The number of rotatable bonds is 5. The second-order valence-electron chi connectivity index (χ2n) is 6.35. The Labute approximate surface area is 139 Å². The van der Waals surface area contributed by atoms with Crippen LogP contribution in [0.3, 0.4) is 0 Å². The number of hydrogen-bond donors (Lipinski definition) is 1. The standard InChI is InChI=1S/C18H28N4O/c1-8-11(2)16-9-12(3)20-22(10-16)18(14(5)19-7)17-13(4)21-23-15(17)6/h9,11-12,20H,7-8,10H2,1-6H3/b18-14-. The second kappa shape index (κ2) is 7.13. The lowest BCUT2D eigenvalue weighted by atomic mass is 9.94. The highest BCUT2D eigenvalue weighted by Crippen LogP contribution is 2.31. The molecule has 5 nitrogen and oxygen atoms in total. The van der Waals surface area contributed by atoms with Gasteiger partial charge in [0.15, 0.2) is 0 Å². The number of hydrogen-bond acceptors (Lipinski definition) is 5. The molecule has 1 aromatic rings. The monoisotopic (exact) mass is 316 g/mol. The van der Waals surface area contributed by atoms with Crippen molar-refractivity contribution < 1.29 is 4.52 Å². The van der Waals surface area contributed by atoms with Crippen LogP contribution in [0.15, 0.2) is 26.9 Å². The molecule has 2 heterocycles. The SMILES string of the molecule is C=N/C(C)=C(/c1c(C)noc1C)N1CC(C(C)CC)=CC(C)N1. The first-order valence-corrected chi connectivity index (χ1v) is 8.24. The molecular weight excluding hydrogens is 288 g/mol.